The number of amides is 2. The third-order valence-corrected chi connectivity index (χ3v) is 3.64. The van der Waals surface area contributed by atoms with Crippen molar-refractivity contribution in [3.05, 3.63) is 29.8 Å². The van der Waals surface area contributed by atoms with E-state index in [9.17, 15) is 9.59 Å². The third kappa shape index (κ3) is 3.98. The summed E-state index contributed by atoms with van der Waals surface area (Å²) in [6.45, 7) is 2.20. The van der Waals surface area contributed by atoms with Gasteiger partial charge in [0.2, 0.25) is 5.91 Å². The van der Waals surface area contributed by atoms with E-state index < -0.39 is 0 Å². The van der Waals surface area contributed by atoms with Crippen LogP contribution in [0.4, 0.5) is 5.69 Å². The summed E-state index contributed by atoms with van der Waals surface area (Å²) in [4.78, 5) is 23.6. The fourth-order valence-corrected chi connectivity index (χ4v) is 2.51. The first kappa shape index (κ1) is 14.4. The zero-order valence-corrected chi connectivity index (χ0v) is 11.7. The highest BCUT2D eigenvalue weighted by atomic mass is 16.2. The Morgan fingerprint density at radius 3 is 2.55 bits per heavy atom. The van der Waals surface area contributed by atoms with Gasteiger partial charge in [-0.25, -0.2) is 0 Å². The van der Waals surface area contributed by atoms with E-state index in [1.54, 1.807) is 24.3 Å². The highest BCUT2D eigenvalue weighted by Crippen LogP contribution is 2.24. The predicted molar refractivity (Wildman–Crippen MR) is 78.1 cm³/mol. The van der Waals surface area contributed by atoms with E-state index in [1.807, 2.05) is 0 Å². The van der Waals surface area contributed by atoms with Gasteiger partial charge in [-0.05, 0) is 49.4 Å². The maximum absolute atomic E-state index is 11.8. The van der Waals surface area contributed by atoms with Crippen molar-refractivity contribution >= 4 is 17.5 Å². The second-order valence-corrected chi connectivity index (χ2v) is 5.49. The van der Waals surface area contributed by atoms with Crippen molar-refractivity contribution in [1.29, 1.82) is 0 Å². The molecule has 5 heteroatoms. The van der Waals surface area contributed by atoms with Crippen LogP contribution in [0.3, 0.4) is 0 Å². The summed E-state index contributed by atoms with van der Waals surface area (Å²) in [5.74, 6) is 0.275. The Balaban J connectivity index is 1.75. The first-order valence-corrected chi connectivity index (χ1v) is 6.97. The molecule has 4 N–H and O–H groups in total. The quantitative estimate of drug-likeness (QED) is 0.724. The first-order chi connectivity index (χ1) is 9.54. The van der Waals surface area contributed by atoms with Crippen LogP contribution in [0.1, 0.15) is 36.5 Å². The van der Waals surface area contributed by atoms with E-state index in [-0.39, 0.29) is 24.4 Å². The average Bonchev–Trinajstić information content (AvgIpc) is 2.82. The zero-order chi connectivity index (χ0) is 14.5. The lowest BCUT2D eigenvalue weighted by atomic mass is 10.1. The maximum Gasteiger partial charge on any atom is 0.251 e. The van der Waals surface area contributed by atoms with Gasteiger partial charge in [0.15, 0.2) is 0 Å². The molecule has 5 nitrogen and oxygen atoms in total. The van der Waals surface area contributed by atoms with Gasteiger partial charge in [-0.2, -0.15) is 0 Å². The van der Waals surface area contributed by atoms with Crippen molar-refractivity contribution in [3.63, 3.8) is 0 Å². The van der Waals surface area contributed by atoms with Crippen LogP contribution in [0.15, 0.2) is 24.3 Å². The lowest BCUT2D eigenvalue weighted by molar-refractivity contribution is -0.120. The maximum atomic E-state index is 11.8. The molecule has 20 heavy (non-hydrogen) atoms. The van der Waals surface area contributed by atoms with Gasteiger partial charge in [0, 0.05) is 17.3 Å². The highest BCUT2D eigenvalue weighted by molar-refractivity contribution is 5.96. The molecule has 108 valence electrons. The molecule has 0 bridgehead atoms. The minimum Gasteiger partial charge on any atom is -0.399 e. The molecular weight excluding hydrogens is 254 g/mol. The number of hydrogen-bond donors (Lipinski definition) is 3. The molecule has 2 unspecified atom stereocenters. The SMILES string of the molecule is CC1CCC(NC(=O)CNC(=O)c2ccc(N)cc2)C1. The number of nitrogens with two attached hydrogens (primary N) is 1. The van der Waals surface area contributed by atoms with Crippen molar-refractivity contribution in [2.24, 2.45) is 5.92 Å². The molecule has 2 amide bonds. The lowest BCUT2D eigenvalue weighted by Crippen LogP contribution is -2.41. The smallest absolute Gasteiger partial charge is 0.251 e. The van der Waals surface area contributed by atoms with Gasteiger partial charge in [-0.3, -0.25) is 9.59 Å². The van der Waals surface area contributed by atoms with E-state index in [1.165, 1.54) is 0 Å². The third-order valence-electron chi connectivity index (χ3n) is 3.64. The van der Waals surface area contributed by atoms with Crippen molar-refractivity contribution in [2.75, 3.05) is 12.3 Å². The molecule has 1 fully saturated rings. The van der Waals surface area contributed by atoms with Crippen LogP contribution in [0, 0.1) is 5.92 Å². The second-order valence-electron chi connectivity index (χ2n) is 5.49. The normalized spacial score (nSPS) is 21.4. The zero-order valence-electron chi connectivity index (χ0n) is 11.7. The van der Waals surface area contributed by atoms with Gasteiger partial charge in [-0.1, -0.05) is 6.92 Å². The van der Waals surface area contributed by atoms with Crippen LogP contribution >= 0.6 is 0 Å². The molecule has 1 aliphatic rings. The minimum atomic E-state index is -0.264. The van der Waals surface area contributed by atoms with Crippen LogP contribution in [0.5, 0.6) is 0 Å². The molecule has 1 aromatic carbocycles. The fraction of sp³-hybridized carbons (Fsp3) is 0.467. The lowest BCUT2D eigenvalue weighted by Gasteiger charge is -2.13. The molecule has 0 aliphatic heterocycles. The number of anilines is 1. The van der Waals surface area contributed by atoms with Crippen molar-refractivity contribution in [2.45, 2.75) is 32.2 Å². The van der Waals surface area contributed by atoms with E-state index in [2.05, 4.69) is 17.6 Å². The number of hydrogen-bond acceptors (Lipinski definition) is 3. The molecule has 0 saturated heterocycles. The van der Waals surface area contributed by atoms with Gasteiger partial charge >= 0.3 is 0 Å². The largest absolute Gasteiger partial charge is 0.399 e. The van der Waals surface area contributed by atoms with Crippen molar-refractivity contribution in [1.82, 2.24) is 10.6 Å². The summed E-state index contributed by atoms with van der Waals surface area (Å²) in [6.07, 6.45) is 3.21. The Labute approximate surface area is 118 Å². The van der Waals surface area contributed by atoms with Gasteiger partial charge in [-0.15, -0.1) is 0 Å². The van der Waals surface area contributed by atoms with Crippen LogP contribution in [-0.4, -0.2) is 24.4 Å². The molecule has 1 aliphatic carbocycles. The topological polar surface area (TPSA) is 84.2 Å². The monoisotopic (exact) mass is 275 g/mol. The Bertz CT molecular complexity index is 484. The van der Waals surface area contributed by atoms with E-state index in [0.717, 1.165) is 19.3 Å². The number of carbonyl (C=O) groups excluding carboxylic acids is 2. The van der Waals surface area contributed by atoms with Gasteiger partial charge in [0.25, 0.3) is 5.91 Å². The number of carbonyl (C=O) groups is 2. The van der Waals surface area contributed by atoms with E-state index in [0.29, 0.717) is 17.2 Å². The van der Waals surface area contributed by atoms with Crippen LogP contribution < -0.4 is 16.4 Å². The second kappa shape index (κ2) is 6.41. The molecule has 1 saturated carbocycles. The number of nitrogens with one attached hydrogen (secondary N) is 2. The number of rotatable bonds is 4. The number of nitrogen functional groups attached to an aromatic ring is 1. The molecule has 2 rings (SSSR count). The Kier molecular flexibility index (Phi) is 4.61. The summed E-state index contributed by atoms with van der Waals surface area (Å²) in [5.41, 5.74) is 6.66. The Morgan fingerprint density at radius 2 is 1.95 bits per heavy atom. The van der Waals surface area contributed by atoms with Gasteiger partial charge in [0.1, 0.15) is 0 Å². The first-order valence-electron chi connectivity index (χ1n) is 6.97. The fourth-order valence-electron chi connectivity index (χ4n) is 2.51. The molecule has 2 atom stereocenters. The average molecular weight is 275 g/mol. The van der Waals surface area contributed by atoms with Crippen molar-refractivity contribution < 1.29 is 9.59 Å². The molecular formula is C15H21N3O2. The highest BCUT2D eigenvalue weighted by Gasteiger charge is 2.22. The van der Waals surface area contributed by atoms with Crippen LogP contribution in [0.25, 0.3) is 0 Å². The van der Waals surface area contributed by atoms with Crippen LogP contribution in [-0.2, 0) is 4.79 Å². The predicted octanol–water partition coefficient (Wildman–Crippen LogP) is 1.30. The molecule has 1 aromatic rings. The van der Waals surface area contributed by atoms with Crippen molar-refractivity contribution in [3.8, 4) is 0 Å². The van der Waals surface area contributed by atoms with Crippen LogP contribution in [0.2, 0.25) is 0 Å². The van der Waals surface area contributed by atoms with E-state index >= 15 is 0 Å². The molecule has 0 heterocycles. The minimum absolute atomic E-state index is 0.00803. The standard InChI is InChI=1S/C15H21N3O2/c1-10-2-7-13(8-10)18-14(19)9-17-15(20)11-3-5-12(16)6-4-11/h3-6,10,13H,2,7-9,16H2,1H3,(H,17,20)(H,18,19). The van der Waals surface area contributed by atoms with E-state index in [4.69, 9.17) is 5.73 Å². The molecule has 0 aromatic heterocycles. The van der Waals surface area contributed by atoms with Gasteiger partial charge < -0.3 is 16.4 Å². The summed E-state index contributed by atoms with van der Waals surface area (Å²) < 4.78 is 0. The summed E-state index contributed by atoms with van der Waals surface area (Å²) in [7, 11) is 0. The molecule has 0 radical (unpaired) electrons. The summed E-state index contributed by atoms with van der Waals surface area (Å²) >= 11 is 0. The molecule has 0 spiro atoms. The number of benzene rings is 1. The Hall–Kier alpha value is -2.04. The summed E-state index contributed by atoms with van der Waals surface area (Å²) in [6, 6.07) is 6.86. The van der Waals surface area contributed by atoms with Gasteiger partial charge in [0.05, 0.1) is 6.54 Å². The Morgan fingerprint density at radius 1 is 1.25 bits per heavy atom. The summed E-state index contributed by atoms with van der Waals surface area (Å²) in [5, 5.41) is 5.56.